The maximum atomic E-state index is 13.3. The van der Waals surface area contributed by atoms with Crippen molar-refractivity contribution >= 4 is 57.4 Å². The van der Waals surface area contributed by atoms with E-state index in [1.165, 1.54) is 4.90 Å². The zero-order chi connectivity index (χ0) is 25.1. The van der Waals surface area contributed by atoms with Crippen LogP contribution in [0.5, 0.6) is 0 Å². The molecule has 35 heavy (non-hydrogen) atoms. The molecule has 0 saturated carbocycles. The molecule has 1 aliphatic heterocycles. The maximum absolute atomic E-state index is 13.3. The van der Waals surface area contributed by atoms with Crippen LogP contribution < -0.4 is 10.2 Å². The monoisotopic (exact) mass is 511 g/mol. The summed E-state index contributed by atoms with van der Waals surface area (Å²) >= 11 is 12.4. The van der Waals surface area contributed by atoms with E-state index in [1.54, 1.807) is 30.0 Å². The molecule has 1 aliphatic rings. The Balaban J connectivity index is 1.47. The lowest BCUT2D eigenvalue weighted by atomic mass is 10.1. The van der Waals surface area contributed by atoms with Gasteiger partial charge in [0, 0.05) is 47.1 Å². The molecule has 0 bridgehead atoms. The third-order valence-corrected chi connectivity index (χ3v) is 6.88. The Bertz CT molecular complexity index is 1290. The molecule has 3 aromatic rings. The minimum Gasteiger partial charge on any atom is -0.355 e. The highest BCUT2D eigenvalue weighted by atomic mass is 35.5. The Morgan fingerprint density at radius 3 is 2.54 bits per heavy atom. The fourth-order valence-electron chi connectivity index (χ4n) is 4.47. The second-order valence-corrected chi connectivity index (χ2v) is 9.41. The van der Waals surface area contributed by atoms with E-state index in [1.807, 2.05) is 43.3 Å². The lowest BCUT2D eigenvalue weighted by Crippen LogP contribution is -2.47. The summed E-state index contributed by atoms with van der Waals surface area (Å²) < 4.78 is 0. The number of likely N-dealkylation sites (N-methyl/N-ethyl adjacent to an activating group) is 1. The van der Waals surface area contributed by atoms with Crippen molar-refractivity contribution in [3.63, 3.8) is 0 Å². The van der Waals surface area contributed by atoms with Gasteiger partial charge in [-0.05, 0) is 55.5 Å². The Hall–Kier alpha value is -3.09. The van der Waals surface area contributed by atoms with Crippen LogP contribution >= 0.6 is 23.2 Å². The third-order valence-electron chi connectivity index (χ3n) is 6.30. The predicted molar refractivity (Wildman–Crippen MR) is 140 cm³/mol. The molecule has 1 N–H and O–H groups in total. The molecule has 0 saturated heterocycles. The molecule has 4 rings (SSSR count). The molecule has 6 nitrogen and oxygen atoms in total. The van der Waals surface area contributed by atoms with E-state index in [0.29, 0.717) is 40.7 Å². The fraction of sp³-hybridized carbons (Fsp3) is 0.296. The molecule has 1 unspecified atom stereocenters. The van der Waals surface area contributed by atoms with Crippen LogP contribution in [0, 0.1) is 0 Å². The average molecular weight is 512 g/mol. The van der Waals surface area contributed by atoms with E-state index in [4.69, 9.17) is 23.2 Å². The predicted octanol–water partition coefficient (Wildman–Crippen LogP) is 5.44. The topological polar surface area (TPSA) is 69.7 Å². The van der Waals surface area contributed by atoms with Crippen LogP contribution in [0.1, 0.15) is 42.6 Å². The second kappa shape index (κ2) is 10.7. The largest absolute Gasteiger partial charge is 0.355 e. The Morgan fingerprint density at radius 1 is 1.09 bits per heavy atom. The first-order chi connectivity index (χ1) is 16.8. The first-order valence-corrected chi connectivity index (χ1v) is 12.4. The second-order valence-electron chi connectivity index (χ2n) is 8.57. The van der Waals surface area contributed by atoms with Gasteiger partial charge in [0.15, 0.2) is 0 Å². The number of halogens is 2. The van der Waals surface area contributed by atoms with Gasteiger partial charge in [0.1, 0.15) is 6.04 Å². The molecule has 0 radical (unpaired) electrons. The van der Waals surface area contributed by atoms with Crippen molar-refractivity contribution in [2.45, 2.75) is 39.3 Å². The van der Waals surface area contributed by atoms with Gasteiger partial charge in [-0.2, -0.15) is 0 Å². The number of amides is 3. The van der Waals surface area contributed by atoms with Gasteiger partial charge in [-0.1, -0.05) is 53.5 Å². The number of carbonyl (C=O) groups is 3. The van der Waals surface area contributed by atoms with Crippen molar-refractivity contribution in [1.82, 2.24) is 10.2 Å². The van der Waals surface area contributed by atoms with Gasteiger partial charge in [-0.25, -0.2) is 0 Å². The summed E-state index contributed by atoms with van der Waals surface area (Å²) in [6.45, 7) is 4.59. The van der Waals surface area contributed by atoms with Crippen molar-refractivity contribution < 1.29 is 14.4 Å². The van der Waals surface area contributed by atoms with Crippen LogP contribution in [-0.2, 0) is 16.1 Å². The van der Waals surface area contributed by atoms with E-state index >= 15 is 0 Å². The zero-order valence-corrected chi connectivity index (χ0v) is 21.2. The number of hydrogen-bond acceptors (Lipinski definition) is 3. The van der Waals surface area contributed by atoms with Gasteiger partial charge in [-0.15, -0.1) is 0 Å². The molecule has 0 spiro atoms. The minimum absolute atomic E-state index is 0.0512. The smallest absolute Gasteiger partial charge is 0.258 e. The summed E-state index contributed by atoms with van der Waals surface area (Å²) in [7, 11) is 0. The van der Waals surface area contributed by atoms with Gasteiger partial charge in [0.2, 0.25) is 11.8 Å². The number of benzene rings is 3. The molecule has 1 atom stereocenters. The van der Waals surface area contributed by atoms with Gasteiger partial charge in [0.05, 0.1) is 5.69 Å². The van der Waals surface area contributed by atoms with Gasteiger partial charge in [-0.3, -0.25) is 14.4 Å². The lowest BCUT2D eigenvalue weighted by molar-refractivity contribution is -0.140. The Morgan fingerprint density at radius 2 is 1.83 bits per heavy atom. The molecule has 8 heteroatoms. The zero-order valence-electron chi connectivity index (χ0n) is 19.7. The van der Waals surface area contributed by atoms with Crippen LogP contribution in [0.3, 0.4) is 0 Å². The van der Waals surface area contributed by atoms with E-state index in [9.17, 15) is 14.4 Å². The molecule has 3 aromatic carbocycles. The van der Waals surface area contributed by atoms with Crippen molar-refractivity contribution in [2.24, 2.45) is 0 Å². The highest BCUT2D eigenvalue weighted by molar-refractivity contribution is 6.35. The minimum atomic E-state index is -0.680. The lowest BCUT2D eigenvalue weighted by Gasteiger charge is -2.29. The van der Waals surface area contributed by atoms with Gasteiger partial charge in [0.25, 0.3) is 5.91 Å². The highest BCUT2D eigenvalue weighted by Gasteiger charge is 2.30. The summed E-state index contributed by atoms with van der Waals surface area (Å²) in [6, 6.07) is 16.0. The molecular formula is C27H27Cl2N3O3. The number of hydrogen-bond donors (Lipinski definition) is 1. The number of carbonyl (C=O) groups excluding carboxylic acids is 3. The number of nitrogens with one attached hydrogen (secondary N) is 1. The first-order valence-electron chi connectivity index (χ1n) is 11.7. The average Bonchev–Trinajstić information content (AvgIpc) is 3.11. The van der Waals surface area contributed by atoms with Crippen LogP contribution in [0.25, 0.3) is 10.8 Å². The van der Waals surface area contributed by atoms with Crippen molar-refractivity contribution in [3.8, 4) is 0 Å². The van der Waals surface area contributed by atoms with E-state index < -0.39 is 6.04 Å². The number of anilines is 1. The third kappa shape index (κ3) is 5.14. The van der Waals surface area contributed by atoms with Crippen LogP contribution in [0.4, 0.5) is 5.69 Å². The van der Waals surface area contributed by atoms with Crippen molar-refractivity contribution in [3.05, 3.63) is 75.8 Å². The summed E-state index contributed by atoms with van der Waals surface area (Å²) in [5.41, 5.74) is 2.27. The summed E-state index contributed by atoms with van der Waals surface area (Å²) in [4.78, 5) is 42.2. The summed E-state index contributed by atoms with van der Waals surface area (Å²) in [5, 5.41) is 5.69. The quantitative estimate of drug-likeness (QED) is 0.415. The van der Waals surface area contributed by atoms with Crippen molar-refractivity contribution in [2.75, 3.05) is 18.0 Å². The highest BCUT2D eigenvalue weighted by Crippen LogP contribution is 2.37. The number of nitrogens with zero attached hydrogens (tertiary/aromatic N) is 2. The number of rotatable bonds is 9. The normalized spacial score (nSPS) is 13.3. The molecular weight excluding hydrogens is 485 g/mol. The van der Waals surface area contributed by atoms with Gasteiger partial charge >= 0.3 is 0 Å². The standard InChI is InChI=1S/C27H27Cl2N3O3/c1-3-30-26(34)17(2)32(16-19-12-13-20(28)15-22(19)29)24(33)11-6-14-31-23-10-5-8-18-7-4-9-21(25(18)23)27(31)35/h4-5,7-10,12-13,15,17H,3,6,11,14,16H2,1-2H3,(H,30,34). The molecule has 0 aliphatic carbocycles. The van der Waals surface area contributed by atoms with E-state index in [-0.39, 0.29) is 30.7 Å². The molecule has 0 fully saturated rings. The fourth-order valence-corrected chi connectivity index (χ4v) is 4.94. The van der Waals surface area contributed by atoms with E-state index in [0.717, 1.165) is 16.5 Å². The molecule has 3 amide bonds. The molecule has 1 heterocycles. The summed E-state index contributed by atoms with van der Waals surface area (Å²) in [6.07, 6.45) is 0.646. The Labute approximate surface area is 214 Å². The van der Waals surface area contributed by atoms with Crippen LogP contribution in [0.15, 0.2) is 54.6 Å². The first kappa shape index (κ1) is 25.0. The van der Waals surface area contributed by atoms with Gasteiger partial charge < -0.3 is 15.1 Å². The van der Waals surface area contributed by atoms with Crippen LogP contribution in [-0.4, -0.2) is 41.8 Å². The maximum Gasteiger partial charge on any atom is 0.258 e. The van der Waals surface area contributed by atoms with E-state index in [2.05, 4.69) is 5.32 Å². The molecule has 182 valence electrons. The summed E-state index contributed by atoms with van der Waals surface area (Å²) in [5.74, 6) is -0.468. The molecule has 0 aromatic heterocycles. The van der Waals surface area contributed by atoms with Crippen molar-refractivity contribution in [1.29, 1.82) is 0 Å². The SMILES string of the molecule is CCNC(=O)C(C)N(Cc1ccc(Cl)cc1Cl)C(=O)CCCN1C(=O)c2cccc3cccc1c23. The Kier molecular flexibility index (Phi) is 7.63. The van der Waals surface area contributed by atoms with Crippen LogP contribution in [0.2, 0.25) is 10.0 Å².